The van der Waals surface area contributed by atoms with Crippen molar-refractivity contribution >= 4 is 28.9 Å². The molecular formula is C29H29ClFNO2. The molecule has 0 atom stereocenters. The first-order chi connectivity index (χ1) is 16.0. The highest BCUT2D eigenvalue weighted by Gasteiger charge is 2.49. The van der Waals surface area contributed by atoms with Crippen LogP contribution in [-0.4, -0.2) is 11.6 Å². The lowest BCUT2D eigenvalue weighted by Gasteiger charge is -2.49. The Morgan fingerprint density at radius 3 is 1.79 bits per heavy atom. The van der Waals surface area contributed by atoms with Crippen LogP contribution in [0.5, 0.6) is 0 Å². The van der Waals surface area contributed by atoms with Gasteiger partial charge in [0.25, 0.3) is 0 Å². The van der Waals surface area contributed by atoms with Gasteiger partial charge in [0.05, 0.1) is 0 Å². The third-order valence-electron chi connectivity index (χ3n) is 7.21. The van der Waals surface area contributed by atoms with Gasteiger partial charge in [0, 0.05) is 57.6 Å². The van der Waals surface area contributed by atoms with Crippen LogP contribution in [-0.2, 0) is 9.59 Å². The Kier molecular flexibility index (Phi) is 5.36. The standard InChI is InChI=1S/C29H29ClFNO2/c1-28(2)13-21-26(23(33)15-28)25(19-7-5-6-8-20(19)31)27-22(14-29(3,4)16-24(27)34)32(21)18-11-9-17(30)10-12-18/h5-12,25H,13-16H2,1-4H3. The molecule has 0 fully saturated rings. The first-order valence-electron chi connectivity index (χ1n) is 11.8. The van der Waals surface area contributed by atoms with E-state index >= 15 is 4.39 Å². The number of hydrogen-bond acceptors (Lipinski definition) is 3. The predicted octanol–water partition coefficient (Wildman–Crippen LogP) is 7.37. The van der Waals surface area contributed by atoms with Crippen molar-refractivity contribution in [3.05, 3.63) is 87.5 Å². The molecule has 176 valence electrons. The molecule has 0 amide bonds. The molecular weight excluding hydrogens is 449 g/mol. The summed E-state index contributed by atoms with van der Waals surface area (Å²) in [5.41, 5.74) is 3.66. The molecule has 1 aliphatic heterocycles. The van der Waals surface area contributed by atoms with Crippen LogP contribution in [0.15, 0.2) is 71.1 Å². The number of rotatable bonds is 2. The van der Waals surface area contributed by atoms with Crippen molar-refractivity contribution in [1.82, 2.24) is 0 Å². The van der Waals surface area contributed by atoms with E-state index in [2.05, 4.69) is 32.6 Å². The lowest BCUT2D eigenvalue weighted by atomic mass is 9.63. The molecule has 2 aromatic carbocycles. The van der Waals surface area contributed by atoms with Gasteiger partial charge in [-0.3, -0.25) is 9.59 Å². The van der Waals surface area contributed by atoms with Gasteiger partial charge in [-0.05, 0) is 54.0 Å². The Labute approximate surface area is 205 Å². The van der Waals surface area contributed by atoms with Gasteiger partial charge in [0.15, 0.2) is 11.6 Å². The summed E-state index contributed by atoms with van der Waals surface area (Å²) in [7, 11) is 0. The second-order valence-electron chi connectivity index (χ2n) is 11.4. The minimum atomic E-state index is -0.679. The number of halogens is 2. The molecule has 5 rings (SSSR count). The summed E-state index contributed by atoms with van der Waals surface area (Å²) in [5.74, 6) is -1.09. The van der Waals surface area contributed by atoms with Crippen molar-refractivity contribution in [2.45, 2.75) is 59.3 Å². The number of benzene rings is 2. The van der Waals surface area contributed by atoms with Crippen LogP contribution in [0.25, 0.3) is 0 Å². The first kappa shape index (κ1) is 23.0. The van der Waals surface area contributed by atoms with E-state index in [0.29, 0.717) is 47.4 Å². The van der Waals surface area contributed by atoms with Crippen LogP contribution < -0.4 is 4.90 Å². The fourth-order valence-electron chi connectivity index (χ4n) is 5.89. The summed E-state index contributed by atoms with van der Waals surface area (Å²) >= 11 is 6.19. The maximum absolute atomic E-state index is 15.2. The van der Waals surface area contributed by atoms with Crippen LogP contribution in [0.1, 0.15) is 64.9 Å². The maximum Gasteiger partial charge on any atom is 0.162 e. The van der Waals surface area contributed by atoms with Gasteiger partial charge in [-0.15, -0.1) is 0 Å². The van der Waals surface area contributed by atoms with Gasteiger partial charge in [-0.2, -0.15) is 0 Å². The van der Waals surface area contributed by atoms with E-state index in [9.17, 15) is 9.59 Å². The van der Waals surface area contributed by atoms with Crippen LogP contribution in [0.4, 0.5) is 10.1 Å². The molecule has 0 spiro atoms. The van der Waals surface area contributed by atoms with Crippen molar-refractivity contribution in [1.29, 1.82) is 0 Å². The van der Waals surface area contributed by atoms with Crippen molar-refractivity contribution in [2.75, 3.05) is 4.90 Å². The van der Waals surface area contributed by atoms with Crippen LogP contribution in [0, 0.1) is 16.6 Å². The average molecular weight is 478 g/mol. The minimum absolute atomic E-state index is 0.0114. The highest BCUT2D eigenvalue weighted by atomic mass is 35.5. The second-order valence-corrected chi connectivity index (χ2v) is 11.8. The molecule has 0 unspecified atom stereocenters. The molecule has 5 heteroatoms. The zero-order valence-electron chi connectivity index (χ0n) is 20.0. The molecule has 2 aliphatic carbocycles. The van der Waals surface area contributed by atoms with Gasteiger partial charge in [-0.25, -0.2) is 4.39 Å². The topological polar surface area (TPSA) is 37.4 Å². The molecule has 0 radical (unpaired) electrons. The summed E-state index contributed by atoms with van der Waals surface area (Å²) in [6.45, 7) is 8.36. The fraction of sp³-hybridized carbons (Fsp3) is 0.379. The van der Waals surface area contributed by atoms with Gasteiger partial charge in [0.1, 0.15) is 5.82 Å². The second kappa shape index (κ2) is 7.91. The van der Waals surface area contributed by atoms with Gasteiger partial charge in [-0.1, -0.05) is 57.5 Å². The molecule has 3 nitrogen and oxygen atoms in total. The number of carbonyl (C=O) groups is 2. The monoisotopic (exact) mass is 477 g/mol. The van der Waals surface area contributed by atoms with E-state index < -0.39 is 5.92 Å². The molecule has 0 N–H and O–H groups in total. The highest BCUT2D eigenvalue weighted by Crippen LogP contribution is 2.55. The minimum Gasteiger partial charge on any atom is -0.317 e. The zero-order chi connectivity index (χ0) is 24.4. The van der Waals surface area contributed by atoms with Gasteiger partial charge in [0.2, 0.25) is 0 Å². The first-order valence-corrected chi connectivity index (χ1v) is 12.2. The van der Waals surface area contributed by atoms with E-state index in [-0.39, 0.29) is 28.2 Å². The number of anilines is 1. The normalized spacial score (nSPS) is 22.1. The molecule has 34 heavy (non-hydrogen) atoms. The lowest BCUT2D eigenvalue weighted by molar-refractivity contribution is -0.119. The molecule has 1 heterocycles. The summed E-state index contributed by atoms with van der Waals surface area (Å²) < 4.78 is 15.2. The predicted molar refractivity (Wildman–Crippen MR) is 133 cm³/mol. The van der Waals surface area contributed by atoms with Crippen LogP contribution in [0.2, 0.25) is 5.02 Å². The van der Waals surface area contributed by atoms with Crippen LogP contribution in [0.3, 0.4) is 0 Å². The van der Waals surface area contributed by atoms with Gasteiger partial charge >= 0.3 is 0 Å². The highest BCUT2D eigenvalue weighted by molar-refractivity contribution is 6.30. The molecule has 0 saturated carbocycles. The zero-order valence-corrected chi connectivity index (χ0v) is 20.8. The smallest absolute Gasteiger partial charge is 0.162 e. The molecule has 0 aromatic heterocycles. The Morgan fingerprint density at radius 2 is 1.29 bits per heavy atom. The SMILES string of the molecule is CC1(C)CC(=O)C2=C(C1)N(c1ccc(Cl)cc1)C1=C(C(=O)CC(C)(C)C1)C2c1ccccc1F. The summed E-state index contributed by atoms with van der Waals surface area (Å²) in [6, 6.07) is 14.1. The Bertz CT molecular complexity index is 1220. The van der Waals surface area contributed by atoms with Crippen molar-refractivity contribution < 1.29 is 14.0 Å². The Balaban J connectivity index is 1.85. The third kappa shape index (κ3) is 3.82. The van der Waals surface area contributed by atoms with E-state index in [1.165, 1.54) is 6.07 Å². The molecule has 3 aliphatic rings. The summed E-state index contributed by atoms with van der Waals surface area (Å²) in [5, 5.41) is 0.619. The van der Waals surface area contributed by atoms with Crippen molar-refractivity contribution in [3.63, 3.8) is 0 Å². The number of carbonyl (C=O) groups excluding carboxylic acids is 2. The van der Waals surface area contributed by atoms with E-state index in [1.807, 2.05) is 24.3 Å². The lowest BCUT2D eigenvalue weighted by Crippen LogP contribution is -2.44. The third-order valence-corrected chi connectivity index (χ3v) is 7.46. The average Bonchev–Trinajstić information content (AvgIpc) is 2.72. The number of ketones is 2. The van der Waals surface area contributed by atoms with Crippen molar-refractivity contribution in [2.24, 2.45) is 10.8 Å². The van der Waals surface area contributed by atoms with Gasteiger partial charge < -0.3 is 4.90 Å². The van der Waals surface area contributed by atoms with Crippen LogP contribution >= 0.6 is 11.6 Å². The Morgan fingerprint density at radius 1 is 0.794 bits per heavy atom. The van der Waals surface area contributed by atoms with E-state index in [1.54, 1.807) is 18.2 Å². The van der Waals surface area contributed by atoms with E-state index in [0.717, 1.165) is 17.1 Å². The molecule has 2 aromatic rings. The molecule has 0 bridgehead atoms. The largest absolute Gasteiger partial charge is 0.317 e. The number of nitrogens with zero attached hydrogens (tertiary/aromatic N) is 1. The van der Waals surface area contributed by atoms with E-state index in [4.69, 9.17) is 11.6 Å². The summed E-state index contributed by atoms with van der Waals surface area (Å²) in [6.07, 6.45) is 2.06. The molecule has 0 saturated heterocycles. The number of allylic oxidation sites excluding steroid dienone is 4. The summed E-state index contributed by atoms with van der Waals surface area (Å²) in [4.78, 5) is 29.5. The number of Topliss-reactive ketones (excluding diaryl/α,β-unsaturated/α-hetero) is 2. The van der Waals surface area contributed by atoms with Crippen molar-refractivity contribution in [3.8, 4) is 0 Å². The maximum atomic E-state index is 15.2. The Hall–Kier alpha value is -2.72. The fourth-order valence-corrected chi connectivity index (χ4v) is 6.01. The number of hydrogen-bond donors (Lipinski definition) is 0. The quantitative estimate of drug-likeness (QED) is 0.453.